The van der Waals surface area contributed by atoms with Crippen LogP contribution in [0.15, 0.2) is 79.1 Å². The van der Waals surface area contributed by atoms with Crippen LogP contribution in [-0.4, -0.2) is 48.5 Å². The van der Waals surface area contributed by atoms with Crippen LogP contribution in [0.2, 0.25) is 0 Å². The molecule has 0 aliphatic heterocycles. The SMILES string of the molecule is COc1ccc(C(CNC(=O)c2cc(-c3ccncc3)nc3ccccc23)N(C)C)cc1. The Kier molecular flexibility index (Phi) is 6.42. The Balaban J connectivity index is 1.62. The number of nitrogens with zero attached hydrogens (tertiary/aromatic N) is 3. The summed E-state index contributed by atoms with van der Waals surface area (Å²) in [5.74, 6) is 0.682. The minimum absolute atomic E-state index is 0.0256. The predicted octanol–water partition coefficient (Wildman–Crippen LogP) is 4.34. The highest BCUT2D eigenvalue weighted by Crippen LogP contribution is 2.25. The van der Waals surface area contributed by atoms with Gasteiger partial charge < -0.3 is 15.0 Å². The van der Waals surface area contributed by atoms with Crippen molar-refractivity contribution in [3.05, 3.63) is 90.3 Å². The van der Waals surface area contributed by atoms with Gasteiger partial charge in [-0.3, -0.25) is 9.78 Å². The first kappa shape index (κ1) is 21.5. The number of ether oxygens (including phenoxy) is 1. The molecule has 0 radical (unpaired) electrons. The number of carbonyl (C=O) groups is 1. The molecule has 1 amide bonds. The second kappa shape index (κ2) is 9.58. The number of rotatable bonds is 7. The van der Waals surface area contributed by atoms with E-state index in [0.29, 0.717) is 12.1 Å². The number of nitrogens with one attached hydrogen (secondary N) is 1. The summed E-state index contributed by atoms with van der Waals surface area (Å²) in [6, 6.07) is 21.3. The van der Waals surface area contributed by atoms with Crippen LogP contribution in [0.1, 0.15) is 22.0 Å². The minimum atomic E-state index is -0.126. The van der Waals surface area contributed by atoms with E-state index >= 15 is 0 Å². The van der Waals surface area contributed by atoms with Crippen molar-refractivity contribution in [2.24, 2.45) is 0 Å². The monoisotopic (exact) mass is 426 g/mol. The maximum absolute atomic E-state index is 13.3. The lowest BCUT2D eigenvalue weighted by Crippen LogP contribution is -2.34. The molecule has 0 bridgehead atoms. The van der Waals surface area contributed by atoms with Crippen LogP contribution < -0.4 is 10.1 Å². The van der Waals surface area contributed by atoms with Crippen molar-refractivity contribution in [1.82, 2.24) is 20.2 Å². The number of likely N-dealkylation sites (N-methyl/N-ethyl adjacent to an activating group) is 1. The first-order valence-electron chi connectivity index (χ1n) is 10.5. The molecule has 162 valence electrons. The van der Waals surface area contributed by atoms with Gasteiger partial charge in [-0.25, -0.2) is 4.98 Å². The molecule has 2 heterocycles. The number of aromatic nitrogens is 2. The average Bonchev–Trinajstić information content (AvgIpc) is 2.84. The Morgan fingerprint density at radius 1 is 1.03 bits per heavy atom. The zero-order valence-corrected chi connectivity index (χ0v) is 18.4. The van der Waals surface area contributed by atoms with Crippen LogP contribution in [0, 0.1) is 0 Å². The third-order valence-electron chi connectivity index (χ3n) is 5.52. The average molecular weight is 427 g/mol. The smallest absolute Gasteiger partial charge is 0.252 e. The van der Waals surface area contributed by atoms with E-state index in [4.69, 9.17) is 9.72 Å². The minimum Gasteiger partial charge on any atom is -0.497 e. The number of amides is 1. The summed E-state index contributed by atoms with van der Waals surface area (Å²) in [4.78, 5) is 24.2. The molecule has 0 aliphatic carbocycles. The third kappa shape index (κ3) is 4.60. The van der Waals surface area contributed by atoms with E-state index in [-0.39, 0.29) is 11.9 Å². The Bertz CT molecular complexity index is 1210. The van der Waals surface area contributed by atoms with Gasteiger partial charge in [-0.2, -0.15) is 0 Å². The summed E-state index contributed by atoms with van der Waals surface area (Å²) in [7, 11) is 5.66. The number of hydrogen-bond donors (Lipinski definition) is 1. The molecule has 4 rings (SSSR count). The van der Waals surface area contributed by atoms with Gasteiger partial charge in [0.15, 0.2) is 0 Å². The van der Waals surface area contributed by atoms with Gasteiger partial charge >= 0.3 is 0 Å². The number of benzene rings is 2. The van der Waals surface area contributed by atoms with Gasteiger partial charge in [-0.15, -0.1) is 0 Å². The van der Waals surface area contributed by atoms with E-state index in [0.717, 1.165) is 33.5 Å². The van der Waals surface area contributed by atoms with E-state index < -0.39 is 0 Å². The van der Waals surface area contributed by atoms with Gasteiger partial charge in [0, 0.05) is 29.9 Å². The number of methoxy groups -OCH3 is 1. The number of hydrogen-bond acceptors (Lipinski definition) is 5. The summed E-state index contributed by atoms with van der Waals surface area (Å²) >= 11 is 0. The van der Waals surface area contributed by atoms with Crippen molar-refractivity contribution in [1.29, 1.82) is 0 Å². The van der Waals surface area contributed by atoms with Crippen LogP contribution in [0.4, 0.5) is 0 Å². The van der Waals surface area contributed by atoms with Crippen molar-refractivity contribution in [2.45, 2.75) is 6.04 Å². The molecule has 2 aromatic carbocycles. The van der Waals surface area contributed by atoms with E-state index in [2.05, 4.69) is 15.2 Å². The molecule has 0 fully saturated rings. The highest BCUT2D eigenvalue weighted by Gasteiger charge is 2.18. The molecule has 1 N–H and O–H groups in total. The highest BCUT2D eigenvalue weighted by atomic mass is 16.5. The second-order valence-corrected chi connectivity index (χ2v) is 7.77. The molecule has 32 heavy (non-hydrogen) atoms. The maximum atomic E-state index is 13.3. The van der Waals surface area contributed by atoms with Crippen LogP contribution in [-0.2, 0) is 0 Å². The molecular formula is C26H26N4O2. The number of para-hydroxylation sites is 1. The lowest BCUT2D eigenvalue weighted by Gasteiger charge is -2.25. The maximum Gasteiger partial charge on any atom is 0.252 e. The van der Waals surface area contributed by atoms with Crippen LogP contribution in [0.25, 0.3) is 22.2 Å². The Morgan fingerprint density at radius 3 is 2.44 bits per heavy atom. The lowest BCUT2D eigenvalue weighted by molar-refractivity contribution is 0.0943. The number of carbonyl (C=O) groups excluding carboxylic acids is 1. The quantitative estimate of drug-likeness (QED) is 0.476. The Morgan fingerprint density at radius 2 is 1.75 bits per heavy atom. The molecule has 6 nitrogen and oxygen atoms in total. The normalized spacial score (nSPS) is 12.0. The molecule has 6 heteroatoms. The number of pyridine rings is 2. The molecule has 2 aromatic heterocycles. The van der Waals surface area contributed by atoms with Gasteiger partial charge in [0.1, 0.15) is 5.75 Å². The standard InChI is InChI=1S/C26H26N4O2/c1-30(2)25(19-8-10-20(32-3)11-9-19)17-28-26(31)22-16-24(18-12-14-27-15-13-18)29-23-7-5-4-6-21(22)23/h4-16,25H,17H2,1-3H3,(H,28,31). The summed E-state index contributed by atoms with van der Waals surface area (Å²) in [6.07, 6.45) is 3.45. The van der Waals surface area contributed by atoms with E-state index in [1.807, 2.05) is 80.8 Å². The first-order chi connectivity index (χ1) is 15.6. The van der Waals surface area contributed by atoms with E-state index in [1.54, 1.807) is 19.5 Å². The first-order valence-corrected chi connectivity index (χ1v) is 10.5. The van der Waals surface area contributed by atoms with Crippen LogP contribution in [0.3, 0.4) is 0 Å². The second-order valence-electron chi connectivity index (χ2n) is 7.77. The molecule has 0 saturated heterocycles. The van der Waals surface area contributed by atoms with Crippen molar-refractivity contribution in [2.75, 3.05) is 27.7 Å². The van der Waals surface area contributed by atoms with Gasteiger partial charge in [0.25, 0.3) is 5.91 Å². The van der Waals surface area contributed by atoms with Crippen molar-refractivity contribution in [3.63, 3.8) is 0 Å². The highest BCUT2D eigenvalue weighted by molar-refractivity contribution is 6.07. The molecule has 1 atom stereocenters. The summed E-state index contributed by atoms with van der Waals surface area (Å²) in [5.41, 5.74) is 4.16. The third-order valence-corrected chi connectivity index (χ3v) is 5.52. The van der Waals surface area contributed by atoms with Gasteiger partial charge in [-0.05, 0) is 56.1 Å². The Hall–Kier alpha value is -3.77. The van der Waals surface area contributed by atoms with Crippen LogP contribution >= 0.6 is 0 Å². The van der Waals surface area contributed by atoms with Crippen LogP contribution in [0.5, 0.6) is 5.75 Å². The largest absolute Gasteiger partial charge is 0.497 e. The van der Waals surface area contributed by atoms with Crippen molar-refractivity contribution in [3.8, 4) is 17.0 Å². The molecule has 0 aliphatic rings. The fourth-order valence-corrected chi connectivity index (χ4v) is 3.74. The van der Waals surface area contributed by atoms with Gasteiger partial charge in [0.2, 0.25) is 0 Å². The van der Waals surface area contributed by atoms with Crippen molar-refractivity contribution >= 4 is 16.8 Å². The zero-order chi connectivity index (χ0) is 22.5. The Labute approximate surface area is 187 Å². The van der Waals surface area contributed by atoms with E-state index in [1.165, 1.54) is 0 Å². The predicted molar refractivity (Wildman–Crippen MR) is 127 cm³/mol. The molecular weight excluding hydrogens is 400 g/mol. The summed E-state index contributed by atoms with van der Waals surface area (Å²) in [6.45, 7) is 0.472. The fourth-order valence-electron chi connectivity index (χ4n) is 3.74. The lowest BCUT2D eigenvalue weighted by atomic mass is 10.0. The number of fused-ring (bicyclic) bond motifs is 1. The molecule has 0 spiro atoms. The van der Waals surface area contributed by atoms with Gasteiger partial charge in [-0.1, -0.05) is 30.3 Å². The van der Waals surface area contributed by atoms with E-state index in [9.17, 15) is 4.79 Å². The molecule has 1 unspecified atom stereocenters. The summed E-state index contributed by atoms with van der Waals surface area (Å²) in [5, 5.41) is 3.95. The zero-order valence-electron chi connectivity index (χ0n) is 18.4. The molecule has 4 aromatic rings. The topological polar surface area (TPSA) is 67.3 Å². The summed E-state index contributed by atoms with van der Waals surface area (Å²) < 4.78 is 5.26. The van der Waals surface area contributed by atoms with Crippen molar-refractivity contribution < 1.29 is 9.53 Å². The fraction of sp³-hybridized carbons (Fsp3) is 0.192. The van der Waals surface area contributed by atoms with Gasteiger partial charge in [0.05, 0.1) is 29.9 Å². The molecule has 0 saturated carbocycles.